The van der Waals surface area contributed by atoms with Gasteiger partial charge in [0.15, 0.2) is 0 Å². The zero-order chi connectivity index (χ0) is 10.4. The highest BCUT2D eigenvalue weighted by Gasteiger charge is 2.07. The van der Waals surface area contributed by atoms with Crippen LogP contribution < -0.4 is 5.32 Å². The van der Waals surface area contributed by atoms with E-state index in [0.29, 0.717) is 12.6 Å². The SMILES string of the molecule is CCCNC(C)c1cccn1CCO. The van der Waals surface area contributed by atoms with E-state index >= 15 is 0 Å². The maximum Gasteiger partial charge on any atom is 0.0610 e. The minimum absolute atomic E-state index is 0.197. The van der Waals surface area contributed by atoms with Crippen molar-refractivity contribution in [2.45, 2.75) is 32.9 Å². The van der Waals surface area contributed by atoms with Crippen LogP contribution in [0.1, 0.15) is 32.0 Å². The summed E-state index contributed by atoms with van der Waals surface area (Å²) in [5, 5.41) is 12.3. The number of aliphatic hydroxyl groups excluding tert-OH is 1. The summed E-state index contributed by atoms with van der Waals surface area (Å²) in [4.78, 5) is 0. The minimum atomic E-state index is 0.197. The van der Waals surface area contributed by atoms with E-state index in [2.05, 4.69) is 29.8 Å². The van der Waals surface area contributed by atoms with Crippen LogP contribution in [0.25, 0.3) is 0 Å². The van der Waals surface area contributed by atoms with Gasteiger partial charge in [-0.3, -0.25) is 0 Å². The average Bonchev–Trinajstić information content (AvgIpc) is 2.63. The molecule has 0 aromatic carbocycles. The van der Waals surface area contributed by atoms with E-state index in [0.717, 1.165) is 13.0 Å². The number of nitrogens with zero attached hydrogens (tertiary/aromatic N) is 1. The first-order chi connectivity index (χ1) is 6.79. The quantitative estimate of drug-likeness (QED) is 0.724. The molecule has 0 amide bonds. The van der Waals surface area contributed by atoms with Gasteiger partial charge in [-0.1, -0.05) is 6.92 Å². The van der Waals surface area contributed by atoms with Crippen LogP contribution in [0.5, 0.6) is 0 Å². The lowest BCUT2D eigenvalue weighted by Crippen LogP contribution is -2.22. The van der Waals surface area contributed by atoms with Crippen molar-refractivity contribution >= 4 is 0 Å². The second kappa shape index (κ2) is 5.83. The van der Waals surface area contributed by atoms with Crippen molar-refractivity contribution in [1.82, 2.24) is 9.88 Å². The summed E-state index contributed by atoms with van der Waals surface area (Å²) < 4.78 is 2.09. The minimum Gasteiger partial charge on any atom is -0.395 e. The van der Waals surface area contributed by atoms with Gasteiger partial charge in [-0.25, -0.2) is 0 Å². The molecule has 0 aliphatic carbocycles. The Bertz CT molecular complexity index is 258. The Balaban J connectivity index is 2.58. The Kier molecular flexibility index (Phi) is 4.70. The normalized spacial score (nSPS) is 13.1. The number of aromatic nitrogens is 1. The van der Waals surface area contributed by atoms with Gasteiger partial charge in [0.1, 0.15) is 0 Å². The average molecular weight is 196 g/mol. The highest BCUT2D eigenvalue weighted by Crippen LogP contribution is 2.12. The Morgan fingerprint density at radius 3 is 3.00 bits per heavy atom. The fourth-order valence-corrected chi connectivity index (χ4v) is 1.60. The van der Waals surface area contributed by atoms with Crippen LogP contribution in [-0.2, 0) is 6.54 Å². The molecule has 2 N–H and O–H groups in total. The summed E-state index contributed by atoms with van der Waals surface area (Å²) >= 11 is 0. The lowest BCUT2D eigenvalue weighted by atomic mass is 10.2. The van der Waals surface area contributed by atoms with Gasteiger partial charge in [-0.15, -0.1) is 0 Å². The molecule has 1 aromatic heterocycles. The summed E-state index contributed by atoms with van der Waals surface area (Å²) in [6, 6.07) is 4.48. The van der Waals surface area contributed by atoms with Gasteiger partial charge in [-0.05, 0) is 32.0 Å². The van der Waals surface area contributed by atoms with Gasteiger partial charge in [0, 0.05) is 24.5 Å². The van der Waals surface area contributed by atoms with E-state index < -0.39 is 0 Å². The van der Waals surface area contributed by atoms with Crippen LogP contribution in [0.4, 0.5) is 0 Å². The molecule has 0 aliphatic rings. The van der Waals surface area contributed by atoms with E-state index in [9.17, 15) is 0 Å². The first-order valence-corrected chi connectivity index (χ1v) is 5.28. The van der Waals surface area contributed by atoms with Crippen LogP contribution in [0.3, 0.4) is 0 Å². The molecule has 1 unspecified atom stereocenters. The van der Waals surface area contributed by atoms with Crippen molar-refractivity contribution in [3.8, 4) is 0 Å². The molecule has 0 aliphatic heterocycles. The summed E-state index contributed by atoms with van der Waals surface area (Å²) in [5.41, 5.74) is 1.24. The second-order valence-electron chi connectivity index (χ2n) is 3.53. The number of aliphatic hydroxyl groups is 1. The molecule has 3 heteroatoms. The predicted octanol–water partition coefficient (Wildman–Crippen LogP) is 1.54. The third kappa shape index (κ3) is 2.86. The zero-order valence-corrected chi connectivity index (χ0v) is 9.03. The standard InChI is InChI=1S/C11H20N2O/c1-3-6-12-10(2)11-5-4-7-13(11)8-9-14/h4-5,7,10,12,14H,3,6,8-9H2,1-2H3. The fourth-order valence-electron chi connectivity index (χ4n) is 1.60. The number of hydrogen-bond acceptors (Lipinski definition) is 2. The molecule has 0 bridgehead atoms. The third-order valence-electron chi connectivity index (χ3n) is 2.35. The molecule has 80 valence electrons. The van der Waals surface area contributed by atoms with Crippen molar-refractivity contribution in [3.63, 3.8) is 0 Å². The van der Waals surface area contributed by atoms with Gasteiger partial charge in [-0.2, -0.15) is 0 Å². The largest absolute Gasteiger partial charge is 0.395 e. The predicted molar refractivity (Wildman–Crippen MR) is 58.2 cm³/mol. The lowest BCUT2D eigenvalue weighted by molar-refractivity contribution is 0.273. The maximum absolute atomic E-state index is 8.88. The Morgan fingerprint density at radius 1 is 1.57 bits per heavy atom. The topological polar surface area (TPSA) is 37.2 Å². The monoisotopic (exact) mass is 196 g/mol. The van der Waals surface area contributed by atoms with Crippen molar-refractivity contribution < 1.29 is 5.11 Å². The number of nitrogens with one attached hydrogen (secondary N) is 1. The Hall–Kier alpha value is -0.800. The molecule has 0 fully saturated rings. The van der Waals surface area contributed by atoms with Crippen LogP contribution in [0.15, 0.2) is 18.3 Å². The van der Waals surface area contributed by atoms with Gasteiger partial charge >= 0.3 is 0 Å². The second-order valence-corrected chi connectivity index (χ2v) is 3.53. The van der Waals surface area contributed by atoms with E-state index in [4.69, 9.17) is 5.11 Å². The molecule has 1 atom stereocenters. The van der Waals surface area contributed by atoms with Crippen LogP contribution >= 0.6 is 0 Å². The molecule has 14 heavy (non-hydrogen) atoms. The molecule has 3 nitrogen and oxygen atoms in total. The van der Waals surface area contributed by atoms with Crippen molar-refractivity contribution in [3.05, 3.63) is 24.0 Å². The van der Waals surface area contributed by atoms with E-state index in [-0.39, 0.29) is 6.61 Å². The molecule has 0 spiro atoms. The van der Waals surface area contributed by atoms with Gasteiger partial charge < -0.3 is 15.0 Å². The van der Waals surface area contributed by atoms with Crippen molar-refractivity contribution in [2.75, 3.05) is 13.2 Å². The molecule has 1 aromatic rings. The lowest BCUT2D eigenvalue weighted by Gasteiger charge is -2.16. The highest BCUT2D eigenvalue weighted by molar-refractivity contribution is 5.11. The molecular formula is C11H20N2O. The van der Waals surface area contributed by atoms with E-state index in [1.54, 1.807) is 0 Å². The Labute approximate surface area is 85.7 Å². The van der Waals surface area contributed by atoms with Crippen LogP contribution in [0.2, 0.25) is 0 Å². The third-order valence-corrected chi connectivity index (χ3v) is 2.35. The highest BCUT2D eigenvalue weighted by atomic mass is 16.3. The summed E-state index contributed by atoms with van der Waals surface area (Å²) in [5.74, 6) is 0. The molecular weight excluding hydrogens is 176 g/mol. The zero-order valence-electron chi connectivity index (χ0n) is 9.03. The molecule has 1 rings (SSSR count). The summed E-state index contributed by atoms with van der Waals surface area (Å²) in [7, 11) is 0. The van der Waals surface area contributed by atoms with Gasteiger partial charge in [0.2, 0.25) is 0 Å². The molecule has 0 radical (unpaired) electrons. The smallest absolute Gasteiger partial charge is 0.0610 e. The van der Waals surface area contributed by atoms with Crippen LogP contribution in [-0.4, -0.2) is 22.8 Å². The number of hydrogen-bond donors (Lipinski definition) is 2. The van der Waals surface area contributed by atoms with Gasteiger partial charge in [0.25, 0.3) is 0 Å². The van der Waals surface area contributed by atoms with Crippen molar-refractivity contribution in [1.29, 1.82) is 0 Å². The summed E-state index contributed by atoms with van der Waals surface area (Å²) in [6.07, 6.45) is 3.15. The molecule has 1 heterocycles. The molecule has 0 saturated carbocycles. The van der Waals surface area contributed by atoms with Crippen molar-refractivity contribution in [2.24, 2.45) is 0 Å². The summed E-state index contributed by atoms with van der Waals surface area (Å²) in [6.45, 7) is 6.22. The fraction of sp³-hybridized carbons (Fsp3) is 0.636. The Morgan fingerprint density at radius 2 is 2.36 bits per heavy atom. The molecule has 0 saturated heterocycles. The number of rotatable bonds is 6. The van der Waals surface area contributed by atoms with Crippen LogP contribution in [0, 0.1) is 0 Å². The first kappa shape index (κ1) is 11.3. The first-order valence-electron chi connectivity index (χ1n) is 5.28. The van der Waals surface area contributed by atoms with E-state index in [1.165, 1.54) is 5.69 Å². The van der Waals surface area contributed by atoms with Gasteiger partial charge in [0.05, 0.1) is 6.61 Å². The maximum atomic E-state index is 8.88. The van der Waals surface area contributed by atoms with E-state index in [1.807, 2.05) is 12.3 Å².